The second kappa shape index (κ2) is 10.2. The van der Waals surface area contributed by atoms with E-state index in [1.807, 2.05) is 43.3 Å². The first-order valence-electron chi connectivity index (χ1n) is 13.1. The lowest BCUT2D eigenvalue weighted by Crippen LogP contribution is -2.49. The van der Waals surface area contributed by atoms with Crippen LogP contribution in [0.25, 0.3) is 22.3 Å². The molecule has 0 bridgehead atoms. The smallest absolute Gasteiger partial charge is 0.251 e. The molecule has 6 rings (SSSR count). The number of carbonyl (C=O) groups is 3. The first-order valence-corrected chi connectivity index (χ1v) is 14.0. The zero-order valence-corrected chi connectivity index (χ0v) is 22.7. The molecule has 2 fully saturated rings. The van der Waals surface area contributed by atoms with Crippen molar-refractivity contribution in [2.45, 2.75) is 31.2 Å². The van der Waals surface area contributed by atoms with Gasteiger partial charge in [-0.05, 0) is 47.4 Å². The van der Waals surface area contributed by atoms with Crippen LogP contribution in [0.1, 0.15) is 40.2 Å². The van der Waals surface area contributed by atoms with Crippen LogP contribution in [-0.2, 0) is 19.1 Å². The maximum atomic E-state index is 13.4. The van der Waals surface area contributed by atoms with Crippen LogP contribution in [0, 0.1) is 5.41 Å². The molecule has 2 aliphatic heterocycles. The SMILES string of the molecule is CC(NC(=O)[C@@H]1CC2(CN1C(=O)CNC(=O)c1ccc3c(c1)-c1ccccc1-3)OCCO2)c1cc(C(=N)N)cs1. The van der Waals surface area contributed by atoms with E-state index in [-0.39, 0.29) is 43.2 Å². The third-order valence-corrected chi connectivity index (χ3v) is 8.75. The van der Waals surface area contributed by atoms with E-state index in [1.54, 1.807) is 17.5 Å². The van der Waals surface area contributed by atoms with E-state index in [9.17, 15) is 14.4 Å². The summed E-state index contributed by atoms with van der Waals surface area (Å²) in [6.45, 7) is 2.42. The summed E-state index contributed by atoms with van der Waals surface area (Å²) in [5.74, 6) is -2.19. The van der Waals surface area contributed by atoms with E-state index in [2.05, 4.69) is 10.6 Å². The molecule has 206 valence electrons. The average molecular weight is 560 g/mol. The third-order valence-electron chi connectivity index (χ3n) is 7.63. The van der Waals surface area contributed by atoms with Gasteiger partial charge >= 0.3 is 0 Å². The highest BCUT2D eigenvalue weighted by atomic mass is 32.1. The summed E-state index contributed by atoms with van der Waals surface area (Å²) in [6, 6.07) is 14.1. The second-order valence-electron chi connectivity index (χ2n) is 10.2. The van der Waals surface area contributed by atoms with Gasteiger partial charge in [-0.2, -0.15) is 0 Å². The highest BCUT2D eigenvalue weighted by molar-refractivity contribution is 7.10. The van der Waals surface area contributed by atoms with Crippen molar-refractivity contribution in [1.82, 2.24) is 15.5 Å². The van der Waals surface area contributed by atoms with Crippen molar-refractivity contribution in [3.63, 3.8) is 0 Å². The zero-order valence-electron chi connectivity index (χ0n) is 21.9. The largest absolute Gasteiger partial charge is 0.384 e. The van der Waals surface area contributed by atoms with Gasteiger partial charge in [0.25, 0.3) is 5.91 Å². The summed E-state index contributed by atoms with van der Waals surface area (Å²) >= 11 is 1.39. The number of hydrogen-bond donors (Lipinski definition) is 4. The van der Waals surface area contributed by atoms with Gasteiger partial charge in [0.15, 0.2) is 5.79 Å². The maximum Gasteiger partial charge on any atom is 0.251 e. The van der Waals surface area contributed by atoms with Crippen LogP contribution in [0.4, 0.5) is 0 Å². The Hall–Kier alpha value is -4.06. The van der Waals surface area contributed by atoms with E-state index < -0.39 is 17.7 Å². The van der Waals surface area contributed by atoms with E-state index >= 15 is 0 Å². The predicted octanol–water partition coefficient (Wildman–Crippen LogP) is 2.63. The molecule has 2 aromatic carbocycles. The molecule has 3 amide bonds. The maximum absolute atomic E-state index is 13.4. The van der Waals surface area contributed by atoms with Crippen LogP contribution in [0.3, 0.4) is 0 Å². The van der Waals surface area contributed by atoms with Gasteiger partial charge in [0.2, 0.25) is 11.8 Å². The van der Waals surface area contributed by atoms with Crippen LogP contribution < -0.4 is 16.4 Å². The van der Waals surface area contributed by atoms with Crippen LogP contribution in [0.15, 0.2) is 53.9 Å². The standard InChI is InChI=1S/C29H29N5O5S/c1-16(24-11-18(14-40-24)26(30)31)33-28(37)23-12-29(38-8-9-39-29)15-34(23)25(35)13-32-27(36)17-6-7-21-19-4-2-3-5-20(19)22(21)10-17/h2-7,10-11,14,16,23H,8-9,12-13,15H2,1H3,(H3,30,31)(H,32,36)(H,33,37)/t16?,23-/m0/s1. The van der Waals surface area contributed by atoms with Crippen molar-refractivity contribution in [3.8, 4) is 22.3 Å². The van der Waals surface area contributed by atoms with Crippen molar-refractivity contribution < 1.29 is 23.9 Å². The Morgan fingerprint density at radius 2 is 1.77 bits per heavy atom. The number of ether oxygens (including phenoxy) is 2. The fourth-order valence-electron chi connectivity index (χ4n) is 5.54. The van der Waals surface area contributed by atoms with Gasteiger partial charge in [-0.15, -0.1) is 11.3 Å². The number of rotatable bonds is 7. The second-order valence-corrected chi connectivity index (χ2v) is 11.2. The fraction of sp³-hybridized carbons (Fsp3) is 0.310. The van der Waals surface area contributed by atoms with Gasteiger partial charge in [0.05, 0.1) is 32.3 Å². The Morgan fingerprint density at radius 1 is 1.07 bits per heavy atom. The summed E-state index contributed by atoms with van der Waals surface area (Å²) in [7, 11) is 0. The minimum absolute atomic E-state index is 0.0396. The highest BCUT2D eigenvalue weighted by Gasteiger charge is 2.52. The molecule has 5 N–H and O–H groups in total. The molecule has 1 unspecified atom stereocenters. The summed E-state index contributed by atoms with van der Waals surface area (Å²) in [4.78, 5) is 42.0. The van der Waals surface area contributed by atoms with Crippen LogP contribution in [-0.4, -0.2) is 66.6 Å². The molecule has 11 heteroatoms. The lowest BCUT2D eigenvalue weighted by atomic mass is 9.80. The molecule has 3 heterocycles. The zero-order chi connectivity index (χ0) is 28.0. The van der Waals surface area contributed by atoms with Gasteiger partial charge in [0.1, 0.15) is 11.9 Å². The first kappa shape index (κ1) is 26.2. The van der Waals surface area contributed by atoms with Gasteiger partial charge in [-0.25, -0.2) is 0 Å². The molecule has 1 aromatic heterocycles. The monoisotopic (exact) mass is 559 g/mol. The average Bonchev–Trinajstić information content (AvgIpc) is 3.70. The topological polar surface area (TPSA) is 147 Å². The number of fused-ring (bicyclic) bond motifs is 4. The van der Waals surface area contributed by atoms with Crippen molar-refractivity contribution >= 4 is 34.9 Å². The predicted molar refractivity (Wildman–Crippen MR) is 150 cm³/mol. The van der Waals surface area contributed by atoms with Gasteiger partial charge < -0.3 is 30.7 Å². The molecular formula is C29H29N5O5S. The Kier molecular flexibility index (Phi) is 6.65. The van der Waals surface area contributed by atoms with Crippen molar-refractivity contribution in [2.75, 3.05) is 26.3 Å². The molecule has 2 atom stereocenters. The molecule has 1 aliphatic carbocycles. The Bertz CT molecular complexity index is 1530. The Balaban J connectivity index is 1.12. The molecule has 2 saturated heterocycles. The number of nitrogen functional groups attached to an aromatic ring is 1. The fourth-order valence-corrected chi connectivity index (χ4v) is 6.45. The van der Waals surface area contributed by atoms with E-state index in [0.717, 1.165) is 27.1 Å². The Labute approximate surface area is 235 Å². The number of amidine groups is 1. The van der Waals surface area contributed by atoms with E-state index in [0.29, 0.717) is 24.3 Å². The summed E-state index contributed by atoms with van der Waals surface area (Å²) in [5.41, 5.74) is 11.0. The quantitative estimate of drug-likeness (QED) is 0.202. The minimum Gasteiger partial charge on any atom is -0.384 e. The molecule has 0 radical (unpaired) electrons. The number of benzene rings is 2. The number of amides is 3. The molecule has 0 saturated carbocycles. The number of nitrogens with one attached hydrogen (secondary N) is 3. The van der Waals surface area contributed by atoms with Crippen LogP contribution in [0.5, 0.6) is 0 Å². The van der Waals surface area contributed by atoms with E-state index in [4.69, 9.17) is 20.6 Å². The number of thiophene rings is 1. The number of carbonyl (C=O) groups excluding carboxylic acids is 3. The number of likely N-dealkylation sites (tertiary alicyclic amines) is 1. The summed E-state index contributed by atoms with van der Waals surface area (Å²) in [5, 5.41) is 15.1. The lowest BCUT2D eigenvalue weighted by Gasteiger charge is -2.25. The van der Waals surface area contributed by atoms with Gasteiger partial charge in [-0.1, -0.05) is 30.3 Å². The number of nitrogens with zero attached hydrogens (tertiary/aromatic N) is 1. The van der Waals surface area contributed by atoms with Crippen molar-refractivity contribution in [3.05, 3.63) is 69.9 Å². The number of nitrogens with two attached hydrogens (primary N) is 1. The molecule has 3 aliphatic rings. The number of hydrogen-bond acceptors (Lipinski definition) is 7. The Morgan fingerprint density at radius 3 is 2.48 bits per heavy atom. The third kappa shape index (κ3) is 4.66. The van der Waals surface area contributed by atoms with Crippen molar-refractivity contribution in [2.24, 2.45) is 5.73 Å². The summed E-state index contributed by atoms with van der Waals surface area (Å²) in [6.07, 6.45) is 0.193. The van der Waals surface area contributed by atoms with Gasteiger partial charge in [-0.3, -0.25) is 19.8 Å². The summed E-state index contributed by atoms with van der Waals surface area (Å²) < 4.78 is 11.6. The van der Waals surface area contributed by atoms with Crippen LogP contribution >= 0.6 is 11.3 Å². The van der Waals surface area contributed by atoms with Gasteiger partial charge in [0, 0.05) is 27.8 Å². The minimum atomic E-state index is -1.04. The highest BCUT2D eigenvalue weighted by Crippen LogP contribution is 2.47. The normalized spacial score (nSPS) is 18.9. The first-order chi connectivity index (χ1) is 19.2. The lowest BCUT2D eigenvalue weighted by molar-refractivity contribution is -0.152. The van der Waals surface area contributed by atoms with E-state index in [1.165, 1.54) is 16.2 Å². The molecule has 3 aromatic rings. The molecule has 40 heavy (non-hydrogen) atoms. The molecule has 10 nitrogen and oxygen atoms in total. The molecule has 1 spiro atoms. The molecular weight excluding hydrogens is 530 g/mol. The van der Waals surface area contributed by atoms with Crippen molar-refractivity contribution in [1.29, 1.82) is 5.41 Å². The van der Waals surface area contributed by atoms with Crippen LogP contribution in [0.2, 0.25) is 0 Å².